The van der Waals surface area contributed by atoms with E-state index in [0.29, 0.717) is 17.5 Å². The molecule has 3 aromatic rings. The zero-order chi connectivity index (χ0) is 18.8. The normalized spacial score (nSPS) is 19.8. The molecule has 1 aliphatic carbocycles. The molecule has 2 N–H and O–H groups in total. The van der Waals surface area contributed by atoms with E-state index in [0.717, 1.165) is 48.4 Å². The Balaban J connectivity index is 1.66. The topological polar surface area (TPSA) is 80.9 Å². The van der Waals surface area contributed by atoms with Gasteiger partial charge in [-0.1, -0.05) is 0 Å². The zero-order valence-electron chi connectivity index (χ0n) is 15.6. The van der Waals surface area contributed by atoms with E-state index in [-0.39, 0.29) is 6.10 Å². The van der Waals surface area contributed by atoms with E-state index < -0.39 is 0 Å². The third-order valence-corrected chi connectivity index (χ3v) is 5.06. The predicted molar refractivity (Wildman–Crippen MR) is 103 cm³/mol. The lowest BCUT2D eigenvalue weighted by atomic mass is 9.93. The van der Waals surface area contributed by atoms with E-state index >= 15 is 0 Å². The molecule has 0 spiro atoms. The fourth-order valence-electron chi connectivity index (χ4n) is 3.53. The van der Waals surface area contributed by atoms with Crippen molar-refractivity contribution in [3.05, 3.63) is 36.5 Å². The molecule has 7 heteroatoms. The van der Waals surface area contributed by atoms with Crippen LogP contribution < -0.4 is 14.8 Å². The van der Waals surface area contributed by atoms with Crippen LogP contribution in [0.2, 0.25) is 0 Å². The summed E-state index contributed by atoms with van der Waals surface area (Å²) in [5.41, 5.74) is 2.56. The van der Waals surface area contributed by atoms with Gasteiger partial charge >= 0.3 is 0 Å². The van der Waals surface area contributed by atoms with Gasteiger partial charge in [0.05, 0.1) is 32.2 Å². The van der Waals surface area contributed by atoms with Gasteiger partial charge in [-0.05, 0) is 49.9 Å². The van der Waals surface area contributed by atoms with Crippen molar-refractivity contribution in [1.29, 1.82) is 0 Å². The Morgan fingerprint density at radius 2 is 1.74 bits per heavy atom. The van der Waals surface area contributed by atoms with Gasteiger partial charge in [0.2, 0.25) is 0 Å². The maximum Gasteiger partial charge on any atom is 0.154 e. The number of nitrogens with zero attached hydrogens (tertiary/aromatic N) is 3. The maximum atomic E-state index is 9.68. The van der Waals surface area contributed by atoms with Crippen LogP contribution in [0, 0.1) is 0 Å². The van der Waals surface area contributed by atoms with Gasteiger partial charge in [0, 0.05) is 17.7 Å². The van der Waals surface area contributed by atoms with Gasteiger partial charge in [-0.3, -0.25) is 0 Å². The first-order valence-corrected chi connectivity index (χ1v) is 9.19. The van der Waals surface area contributed by atoms with Crippen molar-refractivity contribution in [2.45, 2.75) is 37.8 Å². The largest absolute Gasteiger partial charge is 0.497 e. The first-order valence-electron chi connectivity index (χ1n) is 9.19. The van der Waals surface area contributed by atoms with E-state index in [4.69, 9.17) is 14.6 Å². The van der Waals surface area contributed by atoms with Crippen LogP contribution in [-0.4, -0.2) is 46.1 Å². The maximum absolute atomic E-state index is 9.68. The summed E-state index contributed by atoms with van der Waals surface area (Å²) < 4.78 is 12.6. The average molecular weight is 368 g/mol. The van der Waals surface area contributed by atoms with Crippen molar-refractivity contribution in [3.8, 4) is 22.8 Å². The van der Waals surface area contributed by atoms with Gasteiger partial charge in [-0.25, -0.2) is 9.50 Å². The van der Waals surface area contributed by atoms with Gasteiger partial charge in [0.25, 0.3) is 0 Å². The molecule has 0 aliphatic heterocycles. The quantitative estimate of drug-likeness (QED) is 0.720. The minimum atomic E-state index is -0.165. The average Bonchev–Trinajstić information content (AvgIpc) is 3.12. The Hall–Kier alpha value is -2.80. The molecule has 2 heterocycles. The molecule has 1 saturated carbocycles. The van der Waals surface area contributed by atoms with Crippen LogP contribution in [0.25, 0.3) is 16.9 Å². The summed E-state index contributed by atoms with van der Waals surface area (Å²) in [6.07, 6.45) is 5.20. The standard InChI is InChI=1S/C20H24N4O3/c1-26-16-9-13(10-17(11-16)27-2)18-12-21-20-8-7-19(23-24(18)20)22-14-3-5-15(25)6-4-14/h7-12,14-15,25H,3-6H2,1-2H3,(H,22,23)/t14-,15-. The molecule has 0 saturated heterocycles. The summed E-state index contributed by atoms with van der Waals surface area (Å²) in [5, 5.41) is 17.9. The summed E-state index contributed by atoms with van der Waals surface area (Å²) in [4.78, 5) is 4.46. The number of rotatable bonds is 5. The Kier molecular flexibility index (Phi) is 4.85. The van der Waals surface area contributed by atoms with Crippen molar-refractivity contribution >= 4 is 11.5 Å². The summed E-state index contributed by atoms with van der Waals surface area (Å²) in [6.45, 7) is 0. The number of hydrogen-bond donors (Lipinski definition) is 2. The van der Waals surface area contributed by atoms with Crippen LogP contribution in [0.4, 0.5) is 5.82 Å². The summed E-state index contributed by atoms with van der Waals surface area (Å²) in [5.74, 6) is 2.24. The van der Waals surface area contributed by atoms with Crippen molar-refractivity contribution < 1.29 is 14.6 Å². The Labute approximate surface area is 157 Å². The lowest BCUT2D eigenvalue weighted by Crippen LogP contribution is -2.28. The van der Waals surface area contributed by atoms with E-state index in [1.54, 1.807) is 20.4 Å². The molecule has 4 rings (SSSR count). The van der Waals surface area contributed by atoms with Crippen molar-refractivity contribution in [1.82, 2.24) is 14.6 Å². The molecule has 7 nitrogen and oxygen atoms in total. The molecule has 0 unspecified atom stereocenters. The first-order chi connectivity index (χ1) is 13.2. The van der Waals surface area contributed by atoms with Gasteiger partial charge in [-0.2, -0.15) is 0 Å². The van der Waals surface area contributed by atoms with Crippen LogP contribution in [0.15, 0.2) is 36.5 Å². The lowest BCUT2D eigenvalue weighted by molar-refractivity contribution is 0.126. The summed E-state index contributed by atoms with van der Waals surface area (Å²) in [6, 6.07) is 9.95. The Bertz CT molecular complexity index is 910. The Morgan fingerprint density at radius 1 is 1.04 bits per heavy atom. The molecule has 1 fully saturated rings. The highest BCUT2D eigenvalue weighted by molar-refractivity contribution is 5.67. The second-order valence-corrected chi connectivity index (χ2v) is 6.88. The SMILES string of the molecule is COc1cc(OC)cc(-c2cnc3ccc(N[C@H]4CC[C@H](O)CC4)nn23)c1. The fraction of sp³-hybridized carbons (Fsp3) is 0.400. The predicted octanol–water partition coefficient (Wildman–Crippen LogP) is 3.13. The molecule has 2 aromatic heterocycles. The van der Waals surface area contributed by atoms with E-state index in [2.05, 4.69) is 10.3 Å². The second kappa shape index (κ2) is 7.44. The number of imidazole rings is 1. The Morgan fingerprint density at radius 3 is 2.41 bits per heavy atom. The lowest BCUT2D eigenvalue weighted by Gasteiger charge is -2.26. The summed E-state index contributed by atoms with van der Waals surface area (Å²) in [7, 11) is 3.27. The molecule has 0 amide bonds. The number of fused-ring (bicyclic) bond motifs is 1. The van der Waals surface area contributed by atoms with E-state index in [1.165, 1.54) is 0 Å². The first kappa shape index (κ1) is 17.6. The van der Waals surface area contributed by atoms with Crippen LogP contribution >= 0.6 is 0 Å². The molecule has 1 aromatic carbocycles. The number of benzene rings is 1. The van der Waals surface area contributed by atoms with Gasteiger partial charge in [0.15, 0.2) is 5.65 Å². The molecule has 142 valence electrons. The number of anilines is 1. The molecule has 0 bridgehead atoms. The highest BCUT2D eigenvalue weighted by Gasteiger charge is 2.20. The number of methoxy groups -OCH3 is 2. The molecule has 27 heavy (non-hydrogen) atoms. The zero-order valence-corrected chi connectivity index (χ0v) is 15.6. The number of hydrogen-bond acceptors (Lipinski definition) is 6. The number of nitrogens with one attached hydrogen (secondary N) is 1. The molecule has 1 aliphatic rings. The van der Waals surface area contributed by atoms with Crippen molar-refractivity contribution in [2.75, 3.05) is 19.5 Å². The van der Waals surface area contributed by atoms with Crippen molar-refractivity contribution in [3.63, 3.8) is 0 Å². The molecule has 0 atom stereocenters. The van der Waals surface area contributed by atoms with Gasteiger partial charge in [0.1, 0.15) is 17.3 Å². The van der Waals surface area contributed by atoms with Gasteiger partial charge < -0.3 is 19.9 Å². The molecular formula is C20H24N4O3. The fourth-order valence-corrected chi connectivity index (χ4v) is 3.53. The minimum Gasteiger partial charge on any atom is -0.497 e. The monoisotopic (exact) mass is 368 g/mol. The highest BCUT2D eigenvalue weighted by Crippen LogP contribution is 2.30. The number of aliphatic hydroxyl groups is 1. The highest BCUT2D eigenvalue weighted by atomic mass is 16.5. The van der Waals surface area contributed by atoms with Crippen molar-refractivity contribution in [2.24, 2.45) is 0 Å². The van der Waals surface area contributed by atoms with E-state index in [1.807, 2.05) is 34.8 Å². The second-order valence-electron chi connectivity index (χ2n) is 6.88. The molecule has 0 radical (unpaired) electrons. The van der Waals surface area contributed by atoms with Crippen LogP contribution in [0.3, 0.4) is 0 Å². The third-order valence-electron chi connectivity index (χ3n) is 5.06. The van der Waals surface area contributed by atoms with Crippen LogP contribution in [0.5, 0.6) is 11.5 Å². The number of ether oxygens (including phenoxy) is 2. The van der Waals surface area contributed by atoms with Crippen LogP contribution in [0.1, 0.15) is 25.7 Å². The number of aliphatic hydroxyl groups excluding tert-OH is 1. The summed E-state index contributed by atoms with van der Waals surface area (Å²) >= 11 is 0. The van der Waals surface area contributed by atoms with E-state index in [9.17, 15) is 5.11 Å². The number of aromatic nitrogens is 3. The molecular weight excluding hydrogens is 344 g/mol. The van der Waals surface area contributed by atoms with Gasteiger partial charge in [-0.15, -0.1) is 5.10 Å². The van der Waals surface area contributed by atoms with Crippen LogP contribution in [-0.2, 0) is 0 Å². The smallest absolute Gasteiger partial charge is 0.154 e. The third kappa shape index (κ3) is 3.68. The minimum absolute atomic E-state index is 0.165.